The van der Waals surface area contributed by atoms with E-state index in [4.69, 9.17) is 4.42 Å². The molecule has 3 heteroatoms. The molecule has 0 unspecified atom stereocenters. The van der Waals surface area contributed by atoms with Gasteiger partial charge < -0.3 is 9.32 Å². The van der Waals surface area contributed by atoms with Crippen LogP contribution in [-0.2, 0) is 0 Å². The third kappa shape index (κ3) is 7.43. The lowest BCUT2D eigenvalue weighted by Gasteiger charge is -2.26. The van der Waals surface area contributed by atoms with Crippen molar-refractivity contribution in [1.29, 1.82) is 0 Å². The largest absolute Gasteiger partial charge is 0.456 e. The highest BCUT2D eigenvalue weighted by atomic mass is 32.1. The highest BCUT2D eigenvalue weighted by Gasteiger charge is 2.17. The van der Waals surface area contributed by atoms with Crippen LogP contribution in [0.1, 0.15) is 0 Å². The fourth-order valence-corrected chi connectivity index (χ4v) is 11.6. The molecular formula is C68H43NOS. The van der Waals surface area contributed by atoms with Gasteiger partial charge in [0.15, 0.2) is 0 Å². The smallest absolute Gasteiger partial charge is 0.135 e. The number of hydrogen-bond donors (Lipinski definition) is 0. The molecule has 2 nitrogen and oxygen atoms in total. The highest BCUT2D eigenvalue weighted by molar-refractivity contribution is 7.25. The van der Waals surface area contributed by atoms with Crippen molar-refractivity contribution in [2.24, 2.45) is 0 Å². The van der Waals surface area contributed by atoms with Gasteiger partial charge in [0, 0.05) is 48.0 Å². The van der Waals surface area contributed by atoms with E-state index in [-0.39, 0.29) is 0 Å². The number of hydrogen-bond acceptors (Lipinski definition) is 3. The SMILES string of the molecule is c1ccc2cc(-c3ccc(N(c4ccc(-c5cc(-c6ccc7oc8ccccc8c7c6)cc(-c6ccc7sc8ccccc8c7c6)c5)cc4)c4ccc(-c5ccc6ccccc6c5)cc4)cc3)ccc2c1. The van der Waals surface area contributed by atoms with Crippen molar-refractivity contribution in [3.63, 3.8) is 0 Å². The average molecular weight is 922 g/mol. The molecule has 0 radical (unpaired) electrons. The van der Waals surface area contributed by atoms with Crippen LogP contribution >= 0.6 is 11.3 Å². The van der Waals surface area contributed by atoms with Crippen LogP contribution in [0.4, 0.5) is 17.1 Å². The topological polar surface area (TPSA) is 16.4 Å². The molecule has 12 aromatic carbocycles. The van der Waals surface area contributed by atoms with Crippen molar-refractivity contribution < 1.29 is 4.42 Å². The minimum Gasteiger partial charge on any atom is -0.456 e. The zero-order valence-corrected chi connectivity index (χ0v) is 39.4. The summed E-state index contributed by atoms with van der Waals surface area (Å²) in [6.07, 6.45) is 0. The van der Waals surface area contributed by atoms with Crippen LogP contribution in [0.3, 0.4) is 0 Å². The van der Waals surface area contributed by atoms with Gasteiger partial charge in [-0.15, -0.1) is 11.3 Å². The number of para-hydroxylation sites is 1. The third-order valence-electron chi connectivity index (χ3n) is 14.2. The summed E-state index contributed by atoms with van der Waals surface area (Å²) < 4.78 is 8.88. The summed E-state index contributed by atoms with van der Waals surface area (Å²) in [6, 6.07) is 95.3. The van der Waals surface area contributed by atoms with Gasteiger partial charge in [-0.05, 0) is 180 Å². The number of nitrogens with zero attached hydrogens (tertiary/aromatic N) is 1. The number of furan rings is 1. The van der Waals surface area contributed by atoms with Crippen LogP contribution in [-0.4, -0.2) is 0 Å². The van der Waals surface area contributed by atoms with Gasteiger partial charge in [-0.1, -0.05) is 158 Å². The average Bonchev–Trinajstić information content (AvgIpc) is 4.01. The lowest BCUT2D eigenvalue weighted by Crippen LogP contribution is -2.09. The van der Waals surface area contributed by atoms with Gasteiger partial charge in [-0.3, -0.25) is 0 Å². The second-order valence-electron chi connectivity index (χ2n) is 18.5. The molecule has 14 rings (SSSR count). The minimum absolute atomic E-state index is 0.896. The number of anilines is 3. The van der Waals surface area contributed by atoms with Gasteiger partial charge in [0.25, 0.3) is 0 Å². The maximum absolute atomic E-state index is 6.27. The van der Waals surface area contributed by atoms with Crippen molar-refractivity contribution in [2.75, 3.05) is 4.90 Å². The van der Waals surface area contributed by atoms with Gasteiger partial charge in [-0.25, -0.2) is 0 Å². The molecule has 0 fully saturated rings. The van der Waals surface area contributed by atoms with Crippen molar-refractivity contribution in [1.82, 2.24) is 0 Å². The predicted octanol–water partition coefficient (Wildman–Crippen LogP) is 20.1. The van der Waals surface area contributed by atoms with Gasteiger partial charge in [0.05, 0.1) is 0 Å². The van der Waals surface area contributed by atoms with Crippen molar-refractivity contribution in [3.8, 4) is 55.6 Å². The van der Waals surface area contributed by atoms with E-state index in [0.29, 0.717) is 0 Å². The molecule has 2 heterocycles. The first-order chi connectivity index (χ1) is 35.1. The Balaban J connectivity index is 0.872. The first kappa shape index (κ1) is 41.0. The first-order valence-corrected chi connectivity index (χ1v) is 25.0. The van der Waals surface area contributed by atoms with E-state index >= 15 is 0 Å². The zero-order chi connectivity index (χ0) is 46.8. The van der Waals surface area contributed by atoms with Crippen LogP contribution in [0.2, 0.25) is 0 Å². The number of rotatable bonds is 8. The molecule has 0 aliphatic heterocycles. The molecule has 332 valence electrons. The zero-order valence-electron chi connectivity index (χ0n) is 38.6. The number of thiophene rings is 1. The number of benzene rings is 12. The summed E-state index contributed by atoms with van der Waals surface area (Å²) >= 11 is 1.86. The van der Waals surface area contributed by atoms with E-state index in [1.165, 1.54) is 75.1 Å². The van der Waals surface area contributed by atoms with Crippen molar-refractivity contribution in [2.45, 2.75) is 0 Å². The van der Waals surface area contributed by atoms with E-state index in [1.54, 1.807) is 0 Å². The first-order valence-electron chi connectivity index (χ1n) is 24.2. The van der Waals surface area contributed by atoms with E-state index in [9.17, 15) is 0 Å². The summed E-state index contributed by atoms with van der Waals surface area (Å²) in [4.78, 5) is 2.37. The third-order valence-corrected chi connectivity index (χ3v) is 15.4. The molecule has 14 aromatic rings. The van der Waals surface area contributed by atoms with Crippen molar-refractivity contribution in [3.05, 3.63) is 261 Å². The molecule has 0 N–H and O–H groups in total. The van der Waals surface area contributed by atoms with Crippen LogP contribution in [0.5, 0.6) is 0 Å². The lowest BCUT2D eigenvalue weighted by atomic mass is 9.92. The summed E-state index contributed by atoms with van der Waals surface area (Å²) in [6.45, 7) is 0. The molecule has 2 aromatic heterocycles. The minimum atomic E-state index is 0.896. The fraction of sp³-hybridized carbons (Fsp3) is 0. The molecule has 0 aliphatic carbocycles. The Labute approximate surface area is 415 Å². The maximum atomic E-state index is 6.27. The molecule has 0 saturated carbocycles. The lowest BCUT2D eigenvalue weighted by molar-refractivity contribution is 0.669. The van der Waals surface area contributed by atoms with E-state index < -0.39 is 0 Å². The summed E-state index contributed by atoms with van der Waals surface area (Å²) in [5.74, 6) is 0. The Morgan fingerprint density at radius 3 is 1.23 bits per heavy atom. The molecule has 0 saturated heterocycles. The standard InChI is InChI=1S/C68H43NOS/c1-3-11-49-37-51(19-17-44(49)9-1)46-21-29-58(30-22-46)69(59-31-23-47(24-32-59)52-20-18-45-10-2-4-12-50(45)38-52)60-33-25-48(26-34-60)55-39-56(53-27-35-66-63(42-53)61-13-5-7-15-65(61)70-66)41-57(40-55)54-28-36-68-64(43-54)62-14-6-8-16-67(62)71-68/h1-43H. The van der Waals surface area contributed by atoms with Gasteiger partial charge in [-0.2, -0.15) is 0 Å². The van der Waals surface area contributed by atoms with Crippen LogP contribution < -0.4 is 4.90 Å². The quantitative estimate of drug-likeness (QED) is 0.151. The Hall–Kier alpha value is -9.02. The second kappa shape index (κ2) is 16.9. The summed E-state index contributed by atoms with van der Waals surface area (Å²) in [5, 5.41) is 9.82. The van der Waals surface area contributed by atoms with Crippen molar-refractivity contribution >= 4 is 92.1 Å². The maximum Gasteiger partial charge on any atom is 0.135 e. The van der Waals surface area contributed by atoms with Crippen LogP contribution in [0, 0.1) is 0 Å². The molecule has 0 atom stereocenters. The molecule has 0 bridgehead atoms. The normalized spacial score (nSPS) is 11.7. The highest BCUT2D eigenvalue weighted by Crippen LogP contribution is 2.42. The molecule has 0 spiro atoms. The predicted molar refractivity (Wildman–Crippen MR) is 303 cm³/mol. The Morgan fingerprint density at radius 2 is 0.634 bits per heavy atom. The molecule has 0 amide bonds. The molecule has 0 aliphatic rings. The summed E-state index contributed by atoms with van der Waals surface area (Å²) in [7, 11) is 0. The summed E-state index contributed by atoms with van der Waals surface area (Å²) in [5.41, 5.74) is 16.8. The van der Waals surface area contributed by atoms with E-state index in [0.717, 1.165) is 61.3 Å². The second-order valence-corrected chi connectivity index (χ2v) is 19.6. The Kier molecular flexibility index (Phi) is 9.75. The molecule has 71 heavy (non-hydrogen) atoms. The van der Waals surface area contributed by atoms with E-state index in [1.807, 2.05) is 23.5 Å². The monoisotopic (exact) mass is 921 g/mol. The Morgan fingerprint density at radius 1 is 0.239 bits per heavy atom. The molecular weight excluding hydrogens is 879 g/mol. The van der Waals surface area contributed by atoms with Crippen LogP contribution in [0.15, 0.2) is 265 Å². The Bertz CT molecular complexity index is 4080. The van der Waals surface area contributed by atoms with E-state index in [2.05, 4.69) is 254 Å². The van der Waals surface area contributed by atoms with Gasteiger partial charge in [0.2, 0.25) is 0 Å². The van der Waals surface area contributed by atoms with Gasteiger partial charge >= 0.3 is 0 Å². The fourth-order valence-electron chi connectivity index (χ4n) is 10.5. The van der Waals surface area contributed by atoms with Gasteiger partial charge in [0.1, 0.15) is 11.2 Å². The van der Waals surface area contributed by atoms with Crippen LogP contribution in [0.25, 0.3) is 119 Å². The number of fused-ring (bicyclic) bond motifs is 8.